The van der Waals surface area contributed by atoms with E-state index in [4.69, 9.17) is 9.47 Å². The Bertz CT molecular complexity index is 741. The Labute approximate surface area is 147 Å². The van der Waals surface area contributed by atoms with E-state index in [-0.39, 0.29) is 23.7 Å². The summed E-state index contributed by atoms with van der Waals surface area (Å²) in [5.74, 6) is 0.705. The smallest absolute Gasteiger partial charge is 0.254 e. The minimum atomic E-state index is -0.371. The number of hydrogen-bond donors (Lipinski definition) is 1. The van der Waals surface area contributed by atoms with E-state index in [2.05, 4.69) is 0 Å². The number of likely N-dealkylation sites (tertiary alicyclic amines) is 1. The van der Waals surface area contributed by atoms with Crippen molar-refractivity contribution in [3.8, 4) is 5.75 Å². The molecule has 2 aliphatic heterocycles. The van der Waals surface area contributed by atoms with Gasteiger partial charge in [-0.25, -0.2) is 0 Å². The van der Waals surface area contributed by atoms with Crippen molar-refractivity contribution in [1.82, 2.24) is 4.90 Å². The number of amides is 1. The summed E-state index contributed by atoms with van der Waals surface area (Å²) < 4.78 is 11.4. The van der Waals surface area contributed by atoms with E-state index in [1.165, 1.54) is 0 Å². The van der Waals surface area contributed by atoms with Gasteiger partial charge < -0.3 is 19.5 Å². The molecule has 1 N–H and O–H groups in total. The Morgan fingerprint density at radius 1 is 1.36 bits per heavy atom. The predicted molar refractivity (Wildman–Crippen MR) is 93.9 cm³/mol. The van der Waals surface area contributed by atoms with Crippen molar-refractivity contribution >= 4 is 12.0 Å². The van der Waals surface area contributed by atoms with Crippen LogP contribution >= 0.6 is 0 Å². The number of methoxy groups -OCH3 is 1. The van der Waals surface area contributed by atoms with Crippen LogP contribution in [-0.2, 0) is 9.53 Å². The molecule has 1 aromatic rings. The normalized spacial score (nSPS) is 30.8. The van der Waals surface area contributed by atoms with Gasteiger partial charge in [0.15, 0.2) is 0 Å². The Balaban J connectivity index is 1.64. The van der Waals surface area contributed by atoms with Crippen molar-refractivity contribution in [3.63, 3.8) is 0 Å². The number of fused-ring (bicyclic) bond motifs is 2. The van der Waals surface area contributed by atoms with Gasteiger partial charge in [-0.15, -0.1) is 0 Å². The maximum Gasteiger partial charge on any atom is 0.254 e. The molecule has 0 radical (unpaired) electrons. The van der Waals surface area contributed by atoms with Crippen molar-refractivity contribution in [1.29, 1.82) is 0 Å². The molecule has 0 bridgehead atoms. The van der Waals surface area contributed by atoms with Crippen molar-refractivity contribution in [2.24, 2.45) is 0 Å². The Hall–Kier alpha value is -2.11. The molecule has 132 valence electrons. The highest BCUT2D eigenvalue weighted by atomic mass is 16.5. The van der Waals surface area contributed by atoms with Crippen LogP contribution in [0.15, 0.2) is 42.2 Å². The standard InChI is InChI=1S/C20H23NO4/c1-24-20-8-6-16(22)13-18(20)21(10-9-20)19(23)15-7-11-25-17-5-3-2-4-14(17)12-15/h2-5,7,11-12,16,18,22H,6,8-10,13H2,1H3/t16-,18-,20+/m1/s1. The Morgan fingerprint density at radius 3 is 3.04 bits per heavy atom. The zero-order valence-electron chi connectivity index (χ0n) is 14.4. The monoisotopic (exact) mass is 341 g/mol. The number of para-hydroxylation sites is 1. The van der Waals surface area contributed by atoms with Crippen molar-refractivity contribution in [2.75, 3.05) is 13.7 Å². The third kappa shape index (κ3) is 2.77. The van der Waals surface area contributed by atoms with Crippen LogP contribution in [0.3, 0.4) is 0 Å². The highest BCUT2D eigenvalue weighted by Gasteiger charge is 2.52. The Morgan fingerprint density at radius 2 is 2.20 bits per heavy atom. The van der Waals surface area contributed by atoms with Crippen molar-refractivity contribution in [3.05, 3.63) is 47.7 Å². The van der Waals surface area contributed by atoms with Crippen LogP contribution in [0.25, 0.3) is 6.08 Å². The van der Waals surface area contributed by atoms with Crippen LogP contribution in [0.5, 0.6) is 5.75 Å². The molecule has 4 rings (SSSR count). The van der Waals surface area contributed by atoms with E-state index in [0.717, 1.165) is 30.6 Å². The first-order valence-corrected chi connectivity index (χ1v) is 8.81. The minimum absolute atomic E-state index is 0.0328. The van der Waals surface area contributed by atoms with Crippen LogP contribution in [0.1, 0.15) is 31.2 Å². The van der Waals surface area contributed by atoms with Gasteiger partial charge in [0.05, 0.1) is 24.0 Å². The lowest BCUT2D eigenvalue weighted by Crippen LogP contribution is -2.52. The molecule has 1 saturated heterocycles. The fourth-order valence-corrected chi connectivity index (χ4v) is 4.32. The lowest BCUT2D eigenvalue weighted by Gasteiger charge is -2.42. The number of aliphatic hydroxyl groups is 1. The van der Waals surface area contributed by atoms with Gasteiger partial charge in [0, 0.05) is 24.8 Å². The highest BCUT2D eigenvalue weighted by molar-refractivity contribution is 6.01. The van der Waals surface area contributed by atoms with Gasteiger partial charge in [-0.05, 0) is 43.9 Å². The second-order valence-corrected chi connectivity index (χ2v) is 7.02. The molecule has 5 nitrogen and oxygen atoms in total. The number of rotatable bonds is 2. The lowest BCUT2D eigenvalue weighted by molar-refractivity contribution is -0.135. The third-order valence-electron chi connectivity index (χ3n) is 5.74. The van der Waals surface area contributed by atoms with Crippen LogP contribution in [0.4, 0.5) is 0 Å². The second-order valence-electron chi connectivity index (χ2n) is 7.02. The summed E-state index contributed by atoms with van der Waals surface area (Å²) in [4.78, 5) is 15.1. The summed E-state index contributed by atoms with van der Waals surface area (Å²) in [7, 11) is 1.72. The molecule has 1 aliphatic carbocycles. The number of carbonyl (C=O) groups excluding carboxylic acids is 1. The van der Waals surface area contributed by atoms with Gasteiger partial charge in [0.2, 0.25) is 0 Å². The topological polar surface area (TPSA) is 59.0 Å². The fraction of sp³-hybridized carbons (Fsp3) is 0.450. The van der Waals surface area contributed by atoms with E-state index in [1.54, 1.807) is 19.4 Å². The van der Waals surface area contributed by atoms with Crippen molar-refractivity contribution < 1.29 is 19.4 Å². The number of aliphatic hydroxyl groups excluding tert-OH is 1. The molecule has 0 spiro atoms. The molecule has 0 unspecified atom stereocenters. The minimum Gasteiger partial charge on any atom is -0.464 e. The van der Waals surface area contributed by atoms with Gasteiger partial charge in [-0.2, -0.15) is 0 Å². The first-order valence-electron chi connectivity index (χ1n) is 8.81. The number of hydrogen-bond acceptors (Lipinski definition) is 4. The SMILES string of the molecule is CO[C@]12CC[C@@H](O)C[C@H]1N(C(=O)C1=Cc3ccccc3OC=C1)CC2. The predicted octanol–water partition coefficient (Wildman–Crippen LogP) is 2.51. The van der Waals surface area contributed by atoms with Gasteiger partial charge in [0.25, 0.3) is 5.91 Å². The van der Waals surface area contributed by atoms with Crippen molar-refractivity contribution in [2.45, 2.75) is 43.4 Å². The molecule has 3 atom stereocenters. The van der Waals surface area contributed by atoms with Crippen LogP contribution in [-0.4, -0.2) is 47.3 Å². The first kappa shape index (κ1) is 16.4. The van der Waals surface area contributed by atoms with Gasteiger partial charge in [-0.1, -0.05) is 18.2 Å². The van der Waals surface area contributed by atoms with Crippen LogP contribution < -0.4 is 4.74 Å². The summed E-state index contributed by atoms with van der Waals surface area (Å²) in [6.45, 7) is 0.651. The summed E-state index contributed by atoms with van der Waals surface area (Å²) in [6, 6.07) is 7.57. The largest absolute Gasteiger partial charge is 0.464 e. The molecule has 1 saturated carbocycles. The number of benzene rings is 1. The first-order chi connectivity index (χ1) is 12.1. The maximum absolute atomic E-state index is 13.2. The number of carbonyl (C=O) groups is 1. The third-order valence-corrected chi connectivity index (χ3v) is 5.74. The summed E-state index contributed by atoms with van der Waals surface area (Å²) in [5, 5.41) is 10.1. The van der Waals surface area contributed by atoms with Crippen LogP contribution in [0, 0.1) is 0 Å². The average molecular weight is 341 g/mol. The molecule has 1 aromatic carbocycles. The van der Waals surface area contributed by atoms with Crippen LogP contribution in [0.2, 0.25) is 0 Å². The molecule has 1 amide bonds. The molecule has 3 aliphatic rings. The molecule has 0 aromatic heterocycles. The maximum atomic E-state index is 13.2. The molecular formula is C20H23NO4. The number of nitrogens with zero attached hydrogens (tertiary/aromatic N) is 1. The zero-order chi connectivity index (χ0) is 17.4. The van der Waals surface area contributed by atoms with Gasteiger partial charge >= 0.3 is 0 Å². The molecule has 2 fully saturated rings. The van der Waals surface area contributed by atoms with E-state index < -0.39 is 0 Å². The fourth-order valence-electron chi connectivity index (χ4n) is 4.32. The Kier molecular flexibility index (Phi) is 4.13. The summed E-state index contributed by atoms with van der Waals surface area (Å²) >= 11 is 0. The average Bonchev–Trinajstić information content (AvgIpc) is 2.86. The zero-order valence-corrected chi connectivity index (χ0v) is 14.4. The molecule has 25 heavy (non-hydrogen) atoms. The van der Waals surface area contributed by atoms with E-state index in [9.17, 15) is 9.90 Å². The molecule has 5 heteroatoms. The number of ether oxygens (including phenoxy) is 2. The van der Waals surface area contributed by atoms with E-state index >= 15 is 0 Å². The molecular weight excluding hydrogens is 318 g/mol. The highest BCUT2D eigenvalue weighted by Crippen LogP contribution is 2.43. The van der Waals surface area contributed by atoms with E-state index in [1.807, 2.05) is 35.2 Å². The van der Waals surface area contributed by atoms with E-state index in [0.29, 0.717) is 18.5 Å². The quantitative estimate of drug-likeness (QED) is 0.898. The summed E-state index contributed by atoms with van der Waals surface area (Å²) in [6.07, 6.45) is 7.69. The summed E-state index contributed by atoms with van der Waals surface area (Å²) in [5.41, 5.74) is 1.16. The lowest BCUT2D eigenvalue weighted by atomic mass is 9.79. The second kappa shape index (κ2) is 6.32. The van der Waals surface area contributed by atoms with Gasteiger partial charge in [-0.3, -0.25) is 4.79 Å². The van der Waals surface area contributed by atoms with Gasteiger partial charge in [0.1, 0.15) is 5.75 Å². The molecule has 2 heterocycles.